The summed E-state index contributed by atoms with van der Waals surface area (Å²) in [6, 6.07) is 11.6. The van der Waals surface area contributed by atoms with E-state index in [0.717, 1.165) is 10.2 Å². The first kappa shape index (κ1) is 16.0. The van der Waals surface area contributed by atoms with Crippen LogP contribution in [0.15, 0.2) is 47.1 Å². The first-order chi connectivity index (χ1) is 11.2. The van der Waals surface area contributed by atoms with Gasteiger partial charge in [-0.2, -0.15) is 0 Å². The van der Waals surface area contributed by atoms with Crippen molar-refractivity contribution in [2.75, 3.05) is 10.6 Å². The largest absolute Gasteiger partial charge is 0.381 e. The minimum atomic E-state index is -0.155. The molecule has 0 spiro atoms. The maximum Gasteiger partial charge on any atom is 0.256 e. The van der Waals surface area contributed by atoms with Gasteiger partial charge in [0.1, 0.15) is 5.82 Å². The Kier molecular flexibility index (Phi) is 5.28. The van der Waals surface area contributed by atoms with E-state index in [-0.39, 0.29) is 5.91 Å². The average Bonchev–Trinajstić information content (AvgIpc) is 2.58. The van der Waals surface area contributed by atoms with Gasteiger partial charge in [-0.15, -0.1) is 0 Å². The number of nitrogens with one attached hydrogen (secondary N) is 2. The van der Waals surface area contributed by atoms with Crippen molar-refractivity contribution in [2.24, 2.45) is 0 Å². The molecule has 0 unspecified atom stereocenters. The number of hydrogen-bond donors (Lipinski definition) is 2. The summed E-state index contributed by atoms with van der Waals surface area (Å²) in [4.78, 5) is 16.5. The fourth-order valence-electron chi connectivity index (χ4n) is 2.83. The molecule has 3 rings (SSSR count). The third-order valence-electron chi connectivity index (χ3n) is 4.09. The van der Waals surface area contributed by atoms with Crippen LogP contribution in [-0.2, 0) is 0 Å². The molecular weight excluding hydrogens is 354 g/mol. The van der Waals surface area contributed by atoms with Crippen LogP contribution in [0.5, 0.6) is 0 Å². The molecular formula is C18H20BrN3O. The molecule has 1 aromatic heterocycles. The van der Waals surface area contributed by atoms with Crippen LogP contribution in [0, 0.1) is 0 Å². The monoisotopic (exact) mass is 373 g/mol. The zero-order chi connectivity index (χ0) is 16.1. The number of carbonyl (C=O) groups excluding carboxylic acids is 1. The fourth-order valence-corrected chi connectivity index (χ4v) is 3.09. The Bertz CT molecular complexity index is 649. The van der Waals surface area contributed by atoms with Gasteiger partial charge in [0.05, 0.1) is 11.9 Å². The van der Waals surface area contributed by atoms with Crippen LogP contribution in [0.25, 0.3) is 0 Å². The fraction of sp³-hybridized carbons (Fsp3) is 0.333. The van der Waals surface area contributed by atoms with Gasteiger partial charge < -0.3 is 10.6 Å². The third-order valence-corrected chi connectivity index (χ3v) is 4.62. The van der Waals surface area contributed by atoms with Crippen LogP contribution in [0.4, 0.5) is 11.5 Å². The second kappa shape index (κ2) is 7.59. The molecule has 1 amide bonds. The lowest BCUT2D eigenvalue weighted by molar-refractivity contribution is 0.102. The van der Waals surface area contributed by atoms with Gasteiger partial charge in [0.15, 0.2) is 0 Å². The second-order valence-electron chi connectivity index (χ2n) is 5.87. The highest BCUT2D eigenvalue weighted by Gasteiger charge is 2.13. The minimum absolute atomic E-state index is 0.155. The summed E-state index contributed by atoms with van der Waals surface area (Å²) in [7, 11) is 0. The van der Waals surface area contributed by atoms with Crippen molar-refractivity contribution in [3.63, 3.8) is 0 Å². The predicted octanol–water partition coefficient (Wildman–Crippen LogP) is 4.84. The van der Waals surface area contributed by atoms with Crippen molar-refractivity contribution in [1.29, 1.82) is 0 Å². The quantitative estimate of drug-likeness (QED) is 0.805. The average molecular weight is 374 g/mol. The van der Waals surface area contributed by atoms with Gasteiger partial charge in [-0.05, 0) is 49.2 Å². The summed E-state index contributed by atoms with van der Waals surface area (Å²) in [5, 5.41) is 6.33. The topological polar surface area (TPSA) is 54.0 Å². The van der Waals surface area contributed by atoms with E-state index in [1.807, 2.05) is 24.3 Å². The molecule has 2 N–H and O–H groups in total. The number of amides is 1. The number of carbonyl (C=O) groups is 1. The molecule has 120 valence electrons. The van der Waals surface area contributed by atoms with Crippen LogP contribution in [0.2, 0.25) is 0 Å². The molecule has 1 heterocycles. The van der Waals surface area contributed by atoms with Crippen molar-refractivity contribution in [3.05, 3.63) is 52.6 Å². The van der Waals surface area contributed by atoms with E-state index in [2.05, 4.69) is 31.5 Å². The zero-order valence-corrected chi connectivity index (χ0v) is 14.5. The number of pyridine rings is 1. The normalized spacial score (nSPS) is 15.2. The SMILES string of the molecule is O=C(Nc1ccc(NC2CCCCC2)cn1)c1ccc(Br)cc1. The Labute approximate surface area is 144 Å². The van der Waals surface area contributed by atoms with Gasteiger partial charge >= 0.3 is 0 Å². The molecule has 1 aromatic carbocycles. The van der Waals surface area contributed by atoms with E-state index in [0.29, 0.717) is 17.4 Å². The van der Waals surface area contributed by atoms with E-state index >= 15 is 0 Å². The molecule has 0 bridgehead atoms. The van der Waals surface area contributed by atoms with Crippen molar-refractivity contribution in [2.45, 2.75) is 38.1 Å². The highest BCUT2D eigenvalue weighted by molar-refractivity contribution is 9.10. The summed E-state index contributed by atoms with van der Waals surface area (Å²) in [5.41, 5.74) is 1.62. The lowest BCUT2D eigenvalue weighted by Crippen LogP contribution is -2.22. The van der Waals surface area contributed by atoms with Crippen LogP contribution in [0.1, 0.15) is 42.5 Å². The Hall–Kier alpha value is -1.88. The Morgan fingerprint density at radius 2 is 1.78 bits per heavy atom. The van der Waals surface area contributed by atoms with Gasteiger partial charge in [0.2, 0.25) is 0 Å². The zero-order valence-electron chi connectivity index (χ0n) is 12.9. The Morgan fingerprint density at radius 3 is 2.43 bits per heavy atom. The van der Waals surface area contributed by atoms with E-state index in [1.165, 1.54) is 32.1 Å². The maximum absolute atomic E-state index is 12.1. The molecule has 0 saturated heterocycles. The summed E-state index contributed by atoms with van der Waals surface area (Å²) >= 11 is 3.36. The first-order valence-electron chi connectivity index (χ1n) is 8.00. The number of benzene rings is 1. The van der Waals surface area contributed by atoms with E-state index in [9.17, 15) is 4.79 Å². The van der Waals surface area contributed by atoms with Crippen LogP contribution >= 0.6 is 15.9 Å². The summed E-state index contributed by atoms with van der Waals surface area (Å²) in [6.45, 7) is 0. The van der Waals surface area contributed by atoms with Gasteiger partial charge in [-0.25, -0.2) is 4.98 Å². The molecule has 0 radical (unpaired) electrons. The van der Waals surface area contributed by atoms with Crippen molar-refractivity contribution < 1.29 is 4.79 Å². The molecule has 0 aliphatic heterocycles. The number of anilines is 2. The maximum atomic E-state index is 12.1. The number of hydrogen-bond acceptors (Lipinski definition) is 3. The van der Waals surface area contributed by atoms with Gasteiger partial charge in [0, 0.05) is 16.1 Å². The number of nitrogens with zero attached hydrogens (tertiary/aromatic N) is 1. The first-order valence-corrected chi connectivity index (χ1v) is 8.79. The Morgan fingerprint density at radius 1 is 1.04 bits per heavy atom. The molecule has 5 heteroatoms. The number of halogens is 1. The molecule has 1 saturated carbocycles. The van der Waals surface area contributed by atoms with Crippen molar-refractivity contribution in [3.8, 4) is 0 Å². The van der Waals surface area contributed by atoms with Crippen LogP contribution in [0.3, 0.4) is 0 Å². The summed E-state index contributed by atoms with van der Waals surface area (Å²) in [6.07, 6.45) is 8.17. The molecule has 0 atom stereocenters. The molecule has 1 fully saturated rings. The molecule has 2 aromatic rings. The molecule has 23 heavy (non-hydrogen) atoms. The van der Waals surface area contributed by atoms with Crippen LogP contribution < -0.4 is 10.6 Å². The van der Waals surface area contributed by atoms with Crippen LogP contribution in [-0.4, -0.2) is 16.9 Å². The lowest BCUT2D eigenvalue weighted by Gasteiger charge is -2.23. The summed E-state index contributed by atoms with van der Waals surface area (Å²) < 4.78 is 0.949. The Balaban J connectivity index is 1.58. The highest BCUT2D eigenvalue weighted by atomic mass is 79.9. The van der Waals surface area contributed by atoms with Gasteiger partial charge in [-0.1, -0.05) is 35.2 Å². The predicted molar refractivity (Wildman–Crippen MR) is 96.8 cm³/mol. The van der Waals surface area contributed by atoms with E-state index in [1.54, 1.807) is 18.3 Å². The molecule has 1 aliphatic carbocycles. The van der Waals surface area contributed by atoms with E-state index < -0.39 is 0 Å². The highest BCUT2D eigenvalue weighted by Crippen LogP contribution is 2.22. The molecule has 1 aliphatic rings. The number of rotatable bonds is 4. The van der Waals surface area contributed by atoms with Gasteiger partial charge in [-0.3, -0.25) is 4.79 Å². The third kappa shape index (κ3) is 4.55. The smallest absolute Gasteiger partial charge is 0.256 e. The second-order valence-corrected chi connectivity index (χ2v) is 6.79. The lowest BCUT2D eigenvalue weighted by atomic mass is 9.95. The van der Waals surface area contributed by atoms with Crippen molar-refractivity contribution in [1.82, 2.24) is 4.98 Å². The number of aromatic nitrogens is 1. The summed E-state index contributed by atoms with van der Waals surface area (Å²) in [5.74, 6) is 0.408. The molecule has 4 nitrogen and oxygen atoms in total. The van der Waals surface area contributed by atoms with E-state index in [4.69, 9.17) is 0 Å². The minimum Gasteiger partial charge on any atom is -0.381 e. The van der Waals surface area contributed by atoms with Gasteiger partial charge in [0.25, 0.3) is 5.91 Å². The standard InChI is InChI=1S/C18H20BrN3O/c19-14-8-6-13(7-9-14)18(23)22-17-11-10-16(12-20-17)21-15-4-2-1-3-5-15/h6-12,15,21H,1-5H2,(H,20,22,23). The van der Waals surface area contributed by atoms with Crippen molar-refractivity contribution >= 4 is 33.3 Å².